The van der Waals surface area contributed by atoms with Crippen LogP contribution in [0.2, 0.25) is 0 Å². The molecule has 3 N–H and O–H groups in total. The summed E-state index contributed by atoms with van der Waals surface area (Å²) in [7, 11) is -4.78. The van der Waals surface area contributed by atoms with E-state index in [2.05, 4.69) is 4.98 Å². The van der Waals surface area contributed by atoms with Crippen LogP contribution in [-0.2, 0) is 15.8 Å². The summed E-state index contributed by atoms with van der Waals surface area (Å²) in [5.74, 6) is -1.53. The third-order valence-corrected chi connectivity index (χ3v) is 4.98. The van der Waals surface area contributed by atoms with Crippen molar-refractivity contribution in [3.05, 3.63) is 60.4 Å². The molecule has 0 aliphatic carbocycles. The smallest absolute Gasteiger partial charge is 0.340 e. The van der Waals surface area contributed by atoms with Gasteiger partial charge >= 0.3 is 13.6 Å². The van der Waals surface area contributed by atoms with Crippen LogP contribution in [0.4, 0.5) is 0 Å². The van der Waals surface area contributed by atoms with Gasteiger partial charge in [0.25, 0.3) is 0 Å². The molecular formula is C16H15N2O5P. The van der Waals surface area contributed by atoms with Crippen LogP contribution in [-0.4, -0.2) is 35.9 Å². The van der Waals surface area contributed by atoms with Gasteiger partial charge in [-0.05, 0) is 17.7 Å². The molecule has 0 bridgehead atoms. The Bertz CT molecular complexity index is 932. The van der Waals surface area contributed by atoms with Crippen molar-refractivity contribution in [2.45, 2.75) is 12.1 Å². The van der Waals surface area contributed by atoms with Crippen LogP contribution >= 0.6 is 7.60 Å². The molecule has 8 heteroatoms. The number of hydrogen-bond acceptors (Lipinski definition) is 3. The monoisotopic (exact) mass is 346 g/mol. The molecule has 1 atom stereocenters. The molecule has 3 aromatic rings. The fourth-order valence-corrected chi connectivity index (χ4v) is 3.34. The Morgan fingerprint density at radius 2 is 1.83 bits per heavy atom. The maximum Gasteiger partial charge on any atom is 0.340 e. The normalized spacial score (nSPS) is 13.1. The van der Waals surface area contributed by atoms with Crippen LogP contribution in [0.3, 0.4) is 0 Å². The largest absolute Gasteiger partial charge is 0.481 e. The number of pyridine rings is 1. The van der Waals surface area contributed by atoms with Gasteiger partial charge in [0.1, 0.15) is 5.65 Å². The minimum atomic E-state index is -4.78. The molecule has 0 aliphatic heterocycles. The highest BCUT2D eigenvalue weighted by molar-refractivity contribution is 7.53. The molecule has 2 heterocycles. The Kier molecular flexibility index (Phi) is 4.24. The first-order chi connectivity index (χ1) is 11.4. The Balaban J connectivity index is 2.13. The molecule has 0 radical (unpaired) electrons. The molecule has 0 spiro atoms. The number of benzene rings is 1. The van der Waals surface area contributed by atoms with Crippen LogP contribution in [0.15, 0.2) is 54.7 Å². The van der Waals surface area contributed by atoms with E-state index in [1.807, 2.05) is 42.5 Å². The Hall–Kier alpha value is -2.47. The summed E-state index contributed by atoms with van der Waals surface area (Å²) < 4.78 is 13.2. The summed E-state index contributed by atoms with van der Waals surface area (Å²) in [4.78, 5) is 34.1. The summed E-state index contributed by atoms with van der Waals surface area (Å²) in [6, 6.07) is 14.9. The molecule has 1 unspecified atom stereocenters. The number of nitrogens with zero attached hydrogens (tertiary/aromatic N) is 2. The van der Waals surface area contributed by atoms with Gasteiger partial charge in [-0.1, -0.05) is 36.4 Å². The third-order valence-electron chi connectivity index (χ3n) is 3.77. The summed E-state index contributed by atoms with van der Waals surface area (Å²) in [5.41, 5.74) is 0.878. The van der Waals surface area contributed by atoms with Gasteiger partial charge in [-0.2, -0.15) is 0 Å². The molecule has 0 fully saturated rings. The Morgan fingerprint density at radius 3 is 2.46 bits per heavy atom. The van der Waals surface area contributed by atoms with Crippen molar-refractivity contribution in [3.8, 4) is 11.3 Å². The predicted molar refractivity (Wildman–Crippen MR) is 87.8 cm³/mol. The first-order valence-electron chi connectivity index (χ1n) is 7.16. The zero-order chi connectivity index (χ0) is 17.3. The van der Waals surface area contributed by atoms with Gasteiger partial charge in [0.05, 0.1) is 5.69 Å². The van der Waals surface area contributed by atoms with Crippen LogP contribution in [0.25, 0.3) is 16.9 Å². The summed E-state index contributed by atoms with van der Waals surface area (Å²) in [5, 5.41) is 9.14. The second-order valence-electron chi connectivity index (χ2n) is 5.37. The molecule has 2 aromatic heterocycles. The molecule has 0 amide bonds. The van der Waals surface area contributed by atoms with E-state index in [0.717, 1.165) is 11.3 Å². The van der Waals surface area contributed by atoms with Gasteiger partial charge in [0.15, 0.2) is 5.66 Å². The van der Waals surface area contributed by atoms with E-state index in [1.54, 1.807) is 10.5 Å². The molecule has 0 saturated heterocycles. The minimum absolute atomic E-state index is 0.315. The highest BCUT2D eigenvalue weighted by Crippen LogP contribution is 2.43. The lowest BCUT2D eigenvalue weighted by molar-refractivity contribution is -0.136. The summed E-state index contributed by atoms with van der Waals surface area (Å²) >= 11 is 0. The first-order valence-corrected chi connectivity index (χ1v) is 8.85. The van der Waals surface area contributed by atoms with Crippen molar-refractivity contribution in [2.75, 3.05) is 0 Å². The molecule has 7 nitrogen and oxygen atoms in total. The van der Waals surface area contributed by atoms with Crippen LogP contribution in [0, 0.1) is 0 Å². The Morgan fingerprint density at radius 1 is 1.12 bits per heavy atom. The van der Waals surface area contributed by atoms with E-state index in [1.165, 1.54) is 6.20 Å². The fraction of sp³-hybridized carbons (Fsp3) is 0.125. The number of rotatable bonds is 5. The first kappa shape index (κ1) is 16.4. The molecule has 0 aliphatic rings. The molecule has 1 aromatic carbocycles. The van der Waals surface area contributed by atoms with Gasteiger partial charge < -0.3 is 14.9 Å². The fourth-order valence-electron chi connectivity index (χ4n) is 2.63. The lowest BCUT2D eigenvalue weighted by atomic mass is 10.1. The molecular weight excluding hydrogens is 331 g/mol. The number of imidazole rings is 1. The van der Waals surface area contributed by atoms with E-state index in [-0.39, 0.29) is 6.42 Å². The van der Waals surface area contributed by atoms with E-state index in [0.29, 0.717) is 11.3 Å². The van der Waals surface area contributed by atoms with Crippen LogP contribution < -0.4 is 0 Å². The Labute approximate surface area is 137 Å². The van der Waals surface area contributed by atoms with Gasteiger partial charge in [-0.15, -0.1) is 0 Å². The zero-order valence-electron chi connectivity index (χ0n) is 12.5. The molecule has 124 valence electrons. The standard InChI is InChI=1S/C16H15N2O5P/c19-16(20)14(24(21,22)23)9-12-10-17-15-8-4-7-13(18(12)15)11-5-2-1-3-6-11/h1-8,10,14H,9H2,(H,19,20)(H2,21,22,23). The lowest BCUT2D eigenvalue weighted by Crippen LogP contribution is -2.23. The van der Waals surface area contributed by atoms with Crippen molar-refractivity contribution in [2.24, 2.45) is 0 Å². The van der Waals surface area contributed by atoms with E-state index >= 15 is 0 Å². The van der Waals surface area contributed by atoms with Gasteiger partial charge in [-0.25, -0.2) is 4.98 Å². The zero-order valence-corrected chi connectivity index (χ0v) is 13.4. The van der Waals surface area contributed by atoms with Crippen molar-refractivity contribution < 1.29 is 24.3 Å². The van der Waals surface area contributed by atoms with Gasteiger partial charge in [-0.3, -0.25) is 13.8 Å². The SMILES string of the molecule is O=C(O)C(Cc1cnc2cccc(-c3ccccc3)n12)P(=O)(O)O. The van der Waals surface area contributed by atoms with Crippen molar-refractivity contribution in [1.82, 2.24) is 9.38 Å². The lowest BCUT2D eigenvalue weighted by Gasteiger charge is -2.15. The summed E-state index contributed by atoms with van der Waals surface area (Å²) in [6.45, 7) is 0. The highest BCUT2D eigenvalue weighted by Gasteiger charge is 2.36. The number of carboxylic acid groups (broad SMARTS) is 1. The van der Waals surface area contributed by atoms with E-state index in [9.17, 15) is 19.1 Å². The van der Waals surface area contributed by atoms with E-state index in [4.69, 9.17) is 5.11 Å². The average Bonchev–Trinajstić information content (AvgIpc) is 2.95. The molecule has 3 rings (SSSR count). The number of aromatic nitrogens is 2. The van der Waals surface area contributed by atoms with Gasteiger partial charge in [0.2, 0.25) is 0 Å². The summed E-state index contributed by atoms with van der Waals surface area (Å²) in [6.07, 6.45) is 1.14. The number of fused-ring (bicyclic) bond motifs is 1. The second-order valence-corrected chi connectivity index (χ2v) is 7.17. The maximum atomic E-state index is 11.5. The van der Waals surface area contributed by atoms with Crippen molar-refractivity contribution in [3.63, 3.8) is 0 Å². The molecule has 0 saturated carbocycles. The topological polar surface area (TPSA) is 112 Å². The van der Waals surface area contributed by atoms with E-state index < -0.39 is 19.2 Å². The maximum absolute atomic E-state index is 11.5. The third kappa shape index (κ3) is 3.10. The number of carboxylic acids is 1. The highest BCUT2D eigenvalue weighted by atomic mass is 31.2. The van der Waals surface area contributed by atoms with Gasteiger partial charge in [0, 0.05) is 18.3 Å². The second kappa shape index (κ2) is 6.20. The van der Waals surface area contributed by atoms with Crippen molar-refractivity contribution in [1.29, 1.82) is 0 Å². The van der Waals surface area contributed by atoms with Crippen LogP contribution in [0.1, 0.15) is 5.69 Å². The predicted octanol–water partition coefficient (Wildman–Crippen LogP) is 2.17. The van der Waals surface area contributed by atoms with Crippen LogP contribution in [0.5, 0.6) is 0 Å². The van der Waals surface area contributed by atoms with Crippen molar-refractivity contribution >= 4 is 19.2 Å². The number of carbonyl (C=O) groups is 1. The molecule has 24 heavy (non-hydrogen) atoms. The number of hydrogen-bond donors (Lipinski definition) is 3. The minimum Gasteiger partial charge on any atom is -0.481 e. The quantitative estimate of drug-likeness (QED) is 0.611. The average molecular weight is 346 g/mol. The number of aliphatic carboxylic acids is 1.